The molecule has 0 aliphatic carbocycles. The van der Waals surface area contributed by atoms with Crippen LogP contribution in [0.25, 0.3) is 0 Å². The Morgan fingerprint density at radius 2 is 2.40 bits per heavy atom. The molecule has 0 saturated carbocycles. The van der Waals surface area contributed by atoms with Crippen LogP contribution in [0, 0.1) is 5.92 Å². The zero-order valence-electron chi connectivity index (χ0n) is 9.13. The second-order valence-corrected chi connectivity index (χ2v) is 5.68. The first-order chi connectivity index (χ1) is 7.34. The first-order valence-corrected chi connectivity index (χ1v) is 7.08. The highest BCUT2D eigenvalue weighted by Crippen LogP contribution is 2.18. The van der Waals surface area contributed by atoms with Gasteiger partial charge in [-0.15, -0.1) is 0 Å². The summed E-state index contributed by atoms with van der Waals surface area (Å²) in [6.07, 6.45) is 4.17. The van der Waals surface area contributed by atoms with Gasteiger partial charge in [-0.2, -0.15) is 11.8 Å². The second-order valence-electron chi connectivity index (χ2n) is 4.53. The van der Waals surface area contributed by atoms with Crippen molar-refractivity contribution in [2.24, 2.45) is 5.92 Å². The highest BCUT2D eigenvalue weighted by atomic mass is 32.2. The third-order valence-electron chi connectivity index (χ3n) is 3.24. The highest BCUT2D eigenvalue weighted by molar-refractivity contribution is 7.99. The molecular weight excluding hydrogens is 208 g/mol. The molecule has 0 bridgehead atoms. The van der Waals surface area contributed by atoms with Gasteiger partial charge in [-0.3, -0.25) is 4.79 Å². The van der Waals surface area contributed by atoms with Crippen LogP contribution in [0.2, 0.25) is 0 Å². The third kappa shape index (κ3) is 3.68. The average Bonchev–Trinajstić information content (AvgIpc) is 2.86. The zero-order chi connectivity index (χ0) is 10.5. The minimum atomic E-state index is 0.259. The van der Waals surface area contributed by atoms with Gasteiger partial charge in [-0.25, -0.2) is 0 Å². The first kappa shape index (κ1) is 11.3. The normalized spacial score (nSPS) is 30.7. The summed E-state index contributed by atoms with van der Waals surface area (Å²) in [6.45, 7) is 2.23. The quantitative estimate of drug-likeness (QED) is 0.754. The van der Waals surface area contributed by atoms with Crippen molar-refractivity contribution in [2.75, 3.05) is 24.6 Å². The summed E-state index contributed by atoms with van der Waals surface area (Å²) in [7, 11) is 0. The number of rotatable bonds is 4. The number of amides is 1. The molecule has 2 fully saturated rings. The molecule has 2 rings (SSSR count). The molecule has 2 aliphatic rings. The monoisotopic (exact) mass is 228 g/mol. The molecule has 0 aromatic rings. The molecule has 0 radical (unpaired) electrons. The number of carbonyl (C=O) groups is 1. The molecule has 3 nitrogen and oxygen atoms in total. The summed E-state index contributed by atoms with van der Waals surface area (Å²) in [6, 6.07) is 0.448. The van der Waals surface area contributed by atoms with Gasteiger partial charge in [0.15, 0.2) is 0 Å². The van der Waals surface area contributed by atoms with Gasteiger partial charge in [0.05, 0.1) is 0 Å². The molecule has 15 heavy (non-hydrogen) atoms. The molecule has 1 amide bonds. The van der Waals surface area contributed by atoms with Crippen LogP contribution in [0.3, 0.4) is 0 Å². The zero-order valence-corrected chi connectivity index (χ0v) is 9.94. The number of carbonyl (C=O) groups excluding carboxylic acids is 1. The molecule has 86 valence electrons. The predicted octanol–water partition coefficient (Wildman–Crippen LogP) is 0.998. The summed E-state index contributed by atoms with van der Waals surface area (Å²) in [5, 5.41) is 6.46. The van der Waals surface area contributed by atoms with E-state index in [4.69, 9.17) is 0 Å². The molecule has 0 spiro atoms. The maximum atomic E-state index is 11.6. The Balaban J connectivity index is 1.59. The van der Waals surface area contributed by atoms with Crippen molar-refractivity contribution in [2.45, 2.75) is 31.7 Å². The largest absolute Gasteiger partial charge is 0.353 e. The Bertz CT molecular complexity index is 211. The summed E-state index contributed by atoms with van der Waals surface area (Å²) >= 11 is 1.94. The van der Waals surface area contributed by atoms with E-state index in [1.54, 1.807) is 0 Å². The molecule has 2 N–H and O–H groups in total. The van der Waals surface area contributed by atoms with Crippen LogP contribution in [-0.2, 0) is 4.79 Å². The van der Waals surface area contributed by atoms with Gasteiger partial charge < -0.3 is 10.6 Å². The lowest BCUT2D eigenvalue weighted by atomic mass is 10.0. The van der Waals surface area contributed by atoms with Crippen LogP contribution in [0.5, 0.6) is 0 Å². The van der Waals surface area contributed by atoms with E-state index in [1.165, 1.54) is 12.2 Å². The van der Waals surface area contributed by atoms with Crippen molar-refractivity contribution in [3.8, 4) is 0 Å². The number of hydrogen-bond donors (Lipinski definition) is 2. The smallest absolute Gasteiger partial charge is 0.220 e. The Labute approximate surface area is 95.8 Å². The lowest BCUT2D eigenvalue weighted by molar-refractivity contribution is -0.121. The number of nitrogens with one attached hydrogen (secondary N) is 2. The van der Waals surface area contributed by atoms with Crippen LogP contribution < -0.4 is 10.6 Å². The van der Waals surface area contributed by atoms with E-state index < -0.39 is 0 Å². The SMILES string of the molecule is O=C(CCC1CCNC1)NC1CCSC1. The van der Waals surface area contributed by atoms with Crippen LogP contribution in [-0.4, -0.2) is 36.5 Å². The van der Waals surface area contributed by atoms with Crippen molar-refractivity contribution in [3.63, 3.8) is 0 Å². The van der Waals surface area contributed by atoms with Crippen molar-refractivity contribution in [1.82, 2.24) is 10.6 Å². The van der Waals surface area contributed by atoms with Gasteiger partial charge in [0.2, 0.25) is 5.91 Å². The van der Waals surface area contributed by atoms with Crippen LogP contribution in [0.4, 0.5) is 0 Å². The minimum Gasteiger partial charge on any atom is -0.353 e. The van der Waals surface area contributed by atoms with E-state index in [0.717, 1.165) is 37.6 Å². The Morgan fingerprint density at radius 1 is 1.47 bits per heavy atom. The van der Waals surface area contributed by atoms with E-state index in [1.807, 2.05) is 11.8 Å². The minimum absolute atomic E-state index is 0.259. The van der Waals surface area contributed by atoms with Crippen molar-refractivity contribution in [3.05, 3.63) is 0 Å². The molecule has 2 heterocycles. The molecular formula is C11H20N2OS. The maximum absolute atomic E-state index is 11.6. The van der Waals surface area contributed by atoms with E-state index >= 15 is 0 Å². The summed E-state index contributed by atoms with van der Waals surface area (Å²) in [4.78, 5) is 11.6. The van der Waals surface area contributed by atoms with Gasteiger partial charge >= 0.3 is 0 Å². The lowest BCUT2D eigenvalue weighted by Gasteiger charge is -2.12. The van der Waals surface area contributed by atoms with E-state index in [-0.39, 0.29) is 5.91 Å². The van der Waals surface area contributed by atoms with Crippen molar-refractivity contribution in [1.29, 1.82) is 0 Å². The molecule has 4 heteroatoms. The van der Waals surface area contributed by atoms with Gasteiger partial charge in [-0.1, -0.05) is 0 Å². The topological polar surface area (TPSA) is 41.1 Å². The van der Waals surface area contributed by atoms with Crippen LogP contribution in [0.1, 0.15) is 25.7 Å². The standard InChI is InChI=1S/C11H20N2OS/c14-11(13-10-4-6-15-8-10)2-1-9-3-5-12-7-9/h9-10,12H,1-8H2,(H,13,14). The van der Waals surface area contributed by atoms with E-state index in [9.17, 15) is 4.79 Å². The Kier molecular flexibility index (Phi) is 4.32. The Morgan fingerprint density at radius 3 is 3.07 bits per heavy atom. The van der Waals surface area contributed by atoms with Gasteiger partial charge in [0, 0.05) is 18.2 Å². The van der Waals surface area contributed by atoms with Crippen molar-refractivity contribution >= 4 is 17.7 Å². The van der Waals surface area contributed by atoms with Gasteiger partial charge in [0.1, 0.15) is 0 Å². The molecule has 0 aromatic heterocycles. The fourth-order valence-corrected chi connectivity index (χ4v) is 3.40. The summed E-state index contributed by atoms with van der Waals surface area (Å²) < 4.78 is 0. The van der Waals surface area contributed by atoms with Gasteiger partial charge in [-0.05, 0) is 44.0 Å². The fourth-order valence-electron chi connectivity index (χ4n) is 2.24. The van der Waals surface area contributed by atoms with E-state index in [0.29, 0.717) is 12.5 Å². The van der Waals surface area contributed by atoms with Crippen LogP contribution >= 0.6 is 11.8 Å². The van der Waals surface area contributed by atoms with Gasteiger partial charge in [0.25, 0.3) is 0 Å². The lowest BCUT2D eigenvalue weighted by Crippen LogP contribution is -2.34. The fraction of sp³-hybridized carbons (Fsp3) is 0.909. The first-order valence-electron chi connectivity index (χ1n) is 5.92. The third-order valence-corrected chi connectivity index (χ3v) is 4.40. The molecule has 2 aliphatic heterocycles. The highest BCUT2D eigenvalue weighted by Gasteiger charge is 2.19. The summed E-state index contributed by atoms with van der Waals surface area (Å²) in [5.41, 5.74) is 0. The summed E-state index contributed by atoms with van der Waals surface area (Å²) in [5.74, 6) is 3.30. The predicted molar refractivity (Wildman–Crippen MR) is 64.1 cm³/mol. The number of hydrogen-bond acceptors (Lipinski definition) is 3. The molecule has 2 atom stereocenters. The van der Waals surface area contributed by atoms with Crippen LogP contribution in [0.15, 0.2) is 0 Å². The van der Waals surface area contributed by atoms with E-state index in [2.05, 4.69) is 10.6 Å². The maximum Gasteiger partial charge on any atom is 0.220 e. The molecule has 2 saturated heterocycles. The Hall–Kier alpha value is -0.220. The van der Waals surface area contributed by atoms with Crippen molar-refractivity contribution < 1.29 is 4.79 Å². The average molecular weight is 228 g/mol. The number of thioether (sulfide) groups is 1. The molecule has 0 aromatic carbocycles. The molecule has 2 unspecified atom stereocenters. The second kappa shape index (κ2) is 5.75.